The molecule has 1 heterocycles. The van der Waals surface area contributed by atoms with Gasteiger partial charge in [0, 0.05) is 28.6 Å². The molecule has 2 nitrogen and oxygen atoms in total. The molecule has 2 atom stereocenters. The fraction of sp³-hybridized carbons (Fsp3) is 0.538. The van der Waals surface area contributed by atoms with E-state index in [1.807, 2.05) is 19.2 Å². The number of nitrogens with one attached hydrogen (secondary N) is 1. The van der Waals surface area contributed by atoms with Crippen molar-refractivity contribution in [2.24, 2.45) is 5.92 Å². The molecule has 0 amide bonds. The van der Waals surface area contributed by atoms with E-state index in [2.05, 4.69) is 27.3 Å². The Morgan fingerprint density at radius 2 is 2.35 bits per heavy atom. The van der Waals surface area contributed by atoms with Crippen molar-refractivity contribution in [3.05, 3.63) is 33.3 Å². The van der Waals surface area contributed by atoms with Crippen LogP contribution in [0.1, 0.15) is 24.5 Å². The van der Waals surface area contributed by atoms with Crippen LogP contribution in [-0.2, 0) is 4.74 Å². The zero-order chi connectivity index (χ0) is 12.3. The molecule has 1 aliphatic heterocycles. The fourth-order valence-electron chi connectivity index (χ4n) is 2.39. The molecule has 1 aromatic carbocycles. The summed E-state index contributed by atoms with van der Waals surface area (Å²) < 4.78 is 6.98. The molecule has 2 unspecified atom stereocenters. The van der Waals surface area contributed by atoms with Crippen LogP contribution in [0.4, 0.5) is 0 Å². The monoisotopic (exact) mass is 317 g/mol. The van der Waals surface area contributed by atoms with Gasteiger partial charge in [-0.05, 0) is 37.6 Å². The predicted octanol–water partition coefficient (Wildman–Crippen LogP) is 3.79. The van der Waals surface area contributed by atoms with E-state index in [4.69, 9.17) is 16.3 Å². The summed E-state index contributed by atoms with van der Waals surface area (Å²) in [6.07, 6.45) is 2.53. The van der Waals surface area contributed by atoms with Gasteiger partial charge >= 0.3 is 0 Å². The normalized spacial score (nSPS) is 24.9. The Hall–Kier alpha value is -0.0900. The highest BCUT2D eigenvalue weighted by Gasteiger charge is 2.28. The molecule has 1 fully saturated rings. The van der Waals surface area contributed by atoms with Crippen molar-refractivity contribution >= 4 is 27.5 Å². The highest BCUT2D eigenvalue weighted by Crippen LogP contribution is 2.37. The lowest BCUT2D eigenvalue weighted by Gasteiger charge is -2.32. The smallest absolute Gasteiger partial charge is 0.0876 e. The SMILES string of the molecule is CNCC1CCCOC1c1ccc(Cl)cc1Br. The standard InChI is InChI=1S/C13H17BrClNO/c1-16-8-9-3-2-6-17-13(9)11-5-4-10(15)7-12(11)14/h4-5,7,9,13,16H,2-3,6,8H2,1H3. The van der Waals surface area contributed by atoms with Gasteiger partial charge in [0.15, 0.2) is 0 Å². The molecule has 0 bridgehead atoms. The lowest BCUT2D eigenvalue weighted by Crippen LogP contribution is -2.30. The molecule has 1 aliphatic rings. The molecule has 0 spiro atoms. The Bertz CT molecular complexity index is 384. The van der Waals surface area contributed by atoms with Gasteiger partial charge in [0.1, 0.15) is 0 Å². The fourth-order valence-corrected chi connectivity index (χ4v) is 3.30. The number of hydrogen-bond acceptors (Lipinski definition) is 2. The van der Waals surface area contributed by atoms with E-state index >= 15 is 0 Å². The Balaban J connectivity index is 2.23. The molecular weight excluding hydrogens is 302 g/mol. The lowest BCUT2D eigenvalue weighted by atomic mass is 9.89. The molecule has 0 saturated carbocycles. The van der Waals surface area contributed by atoms with Gasteiger partial charge < -0.3 is 10.1 Å². The van der Waals surface area contributed by atoms with Gasteiger partial charge in [0.05, 0.1) is 6.10 Å². The van der Waals surface area contributed by atoms with Crippen molar-refractivity contribution in [1.29, 1.82) is 0 Å². The summed E-state index contributed by atoms with van der Waals surface area (Å²) in [6.45, 7) is 1.83. The Morgan fingerprint density at radius 3 is 3.06 bits per heavy atom. The lowest BCUT2D eigenvalue weighted by molar-refractivity contribution is -0.0276. The summed E-state index contributed by atoms with van der Waals surface area (Å²) in [7, 11) is 1.99. The second-order valence-corrected chi connectivity index (χ2v) is 5.71. The van der Waals surface area contributed by atoms with Crippen LogP contribution in [0.5, 0.6) is 0 Å². The van der Waals surface area contributed by atoms with E-state index in [1.165, 1.54) is 12.0 Å². The number of benzene rings is 1. The van der Waals surface area contributed by atoms with Gasteiger partial charge in [-0.3, -0.25) is 0 Å². The highest BCUT2D eigenvalue weighted by molar-refractivity contribution is 9.10. The second-order valence-electron chi connectivity index (χ2n) is 4.42. The van der Waals surface area contributed by atoms with Gasteiger partial charge in [0.2, 0.25) is 0 Å². The summed E-state index contributed by atoms with van der Waals surface area (Å²) in [5.41, 5.74) is 1.20. The van der Waals surface area contributed by atoms with Crippen molar-refractivity contribution in [1.82, 2.24) is 5.32 Å². The van der Waals surface area contributed by atoms with Gasteiger partial charge in [-0.1, -0.05) is 33.6 Å². The summed E-state index contributed by atoms with van der Waals surface area (Å²) in [6, 6.07) is 5.92. The third-order valence-corrected chi connectivity index (χ3v) is 4.10. The largest absolute Gasteiger partial charge is 0.373 e. The molecule has 94 valence electrons. The minimum Gasteiger partial charge on any atom is -0.373 e. The average molecular weight is 319 g/mol. The molecule has 1 saturated heterocycles. The van der Waals surface area contributed by atoms with Crippen LogP contribution in [0.3, 0.4) is 0 Å². The number of rotatable bonds is 3. The molecule has 4 heteroatoms. The first-order chi connectivity index (χ1) is 8.22. The zero-order valence-electron chi connectivity index (χ0n) is 9.88. The molecule has 1 aromatic rings. The maximum absolute atomic E-state index is 5.97. The molecule has 0 radical (unpaired) electrons. The number of hydrogen-bond donors (Lipinski definition) is 1. The third-order valence-electron chi connectivity index (χ3n) is 3.18. The van der Waals surface area contributed by atoms with Crippen LogP contribution < -0.4 is 5.32 Å². The molecule has 17 heavy (non-hydrogen) atoms. The molecular formula is C13H17BrClNO. The van der Waals surface area contributed by atoms with E-state index in [9.17, 15) is 0 Å². The van der Waals surface area contributed by atoms with Crippen LogP contribution in [0.15, 0.2) is 22.7 Å². The van der Waals surface area contributed by atoms with E-state index < -0.39 is 0 Å². The van der Waals surface area contributed by atoms with Crippen molar-refractivity contribution in [2.75, 3.05) is 20.2 Å². The van der Waals surface area contributed by atoms with Crippen LogP contribution in [0, 0.1) is 5.92 Å². The van der Waals surface area contributed by atoms with E-state index in [-0.39, 0.29) is 6.10 Å². The van der Waals surface area contributed by atoms with Gasteiger partial charge in [0.25, 0.3) is 0 Å². The molecule has 1 N–H and O–H groups in total. The Labute approximate surface area is 116 Å². The van der Waals surface area contributed by atoms with Crippen LogP contribution in [0.2, 0.25) is 5.02 Å². The minimum atomic E-state index is 0.169. The highest BCUT2D eigenvalue weighted by atomic mass is 79.9. The van der Waals surface area contributed by atoms with E-state index in [1.54, 1.807) is 0 Å². The van der Waals surface area contributed by atoms with Gasteiger partial charge in [-0.25, -0.2) is 0 Å². The maximum atomic E-state index is 5.97. The molecule has 0 aliphatic carbocycles. The summed E-state index contributed by atoms with van der Waals surface area (Å²) in [4.78, 5) is 0. The van der Waals surface area contributed by atoms with Crippen LogP contribution in [-0.4, -0.2) is 20.2 Å². The van der Waals surface area contributed by atoms with Gasteiger partial charge in [-0.2, -0.15) is 0 Å². The van der Waals surface area contributed by atoms with Crippen molar-refractivity contribution in [2.45, 2.75) is 18.9 Å². The topological polar surface area (TPSA) is 21.3 Å². The summed E-state index contributed by atoms with van der Waals surface area (Å²) >= 11 is 9.55. The first-order valence-electron chi connectivity index (χ1n) is 5.93. The van der Waals surface area contributed by atoms with Crippen molar-refractivity contribution < 1.29 is 4.74 Å². The first kappa shape index (κ1) is 13.3. The third kappa shape index (κ3) is 3.22. The summed E-state index contributed by atoms with van der Waals surface area (Å²) in [5, 5.41) is 4.00. The predicted molar refractivity (Wildman–Crippen MR) is 74.5 cm³/mol. The van der Waals surface area contributed by atoms with E-state index in [0.29, 0.717) is 5.92 Å². The zero-order valence-corrected chi connectivity index (χ0v) is 12.2. The molecule has 2 rings (SSSR count). The number of halogens is 2. The van der Waals surface area contributed by atoms with Crippen molar-refractivity contribution in [3.8, 4) is 0 Å². The molecule has 0 aromatic heterocycles. The second kappa shape index (κ2) is 6.19. The van der Waals surface area contributed by atoms with Crippen LogP contribution in [0.25, 0.3) is 0 Å². The Morgan fingerprint density at radius 1 is 1.53 bits per heavy atom. The van der Waals surface area contributed by atoms with E-state index in [0.717, 1.165) is 29.1 Å². The minimum absolute atomic E-state index is 0.169. The van der Waals surface area contributed by atoms with Gasteiger partial charge in [-0.15, -0.1) is 0 Å². The van der Waals surface area contributed by atoms with Crippen LogP contribution >= 0.6 is 27.5 Å². The summed E-state index contributed by atoms with van der Waals surface area (Å²) in [5.74, 6) is 0.534. The maximum Gasteiger partial charge on any atom is 0.0876 e. The Kier molecular flexibility index (Phi) is 4.86. The number of ether oxygens (including phenoxy) is 1. The average Bonchev–Trinajstić information content (AvgIpc) is 2.31. The quantitative estimate of drug-likeness (QED) is 0.915. The first-order valence-corrected chi connectivity index (χ1v) is 7.10. The van der Waals surface area contributed by atoms with Crippen molar-refractivity contribution in [3.63, 3.8) is 0 Å².